The van der Waals surface area contributed by atoms with Gasteiger partial charge in [0.2, 0.25) is 5.91 Å². The van der Waals surface area contributed by atoms with Crippen molar-refractivity contribution >= 4 is 17.9 Å². The first-order chi connectivity index (χ1) is 7.22. The number of nitrogens with one attached hydrogen (secondary N) is 1. The van der Waals surface area contributed by atoms with Gasteiger partial charge in [-0.25, -0.2) is 0 Å². The summed E-state index contributed by atoms with van der Waals surface area (Å²) >= 11 is 0. The van der Waals surface area contributed by atoms with Gasteiger partial charge >= 0.3 is 0 Å². The number of hydrogen-bond acceptors (Lipinski definition) is 3. The normalized spacial score (nSPS) is 20.2. The van der Waals surface area contributed by atoms with Gasteiger partial charge < -0.3 is 0 Å². The standard InChI is InChI=1S/C11H12N2O2/c1-8-6-13(12-11(8)15)10-5-3-2-4-9(10)7-14/h2-5,7-8H,6H2,1H3,(H,12,15). The zero-order valence-corrected chi connectivity index (χ0v) is 8.43. The van der Waals surface area contributed by atoms with Crippen LogP contribution in [-0.4, -0.2) is 18.7 Å². The number of rotatable bonds is 2. The van der Waals surface area contributed by atoms with Crippen molar-refractivity contribution in [2.24, 2.45) is 5.92 Å². The fraction of sp³-hybridized carbons (Fsp3) is 0.273. The van der Waals surface area contributed by atoms with Crippen molar-refractivity contribution < 1.29 is 9.59 Å². The van der Waals surface area contributed by atoms with Crippen LogP contribution < -0.4 is 10.4 Å². The van der Waals surface area contributed by atoms with Crippen molar-refractivity contribution in [3.63, 3.8) is 0 Å². The lowest BCUT2D eigenvalue weighted by molar-refractivity contribution is -0.121. The van der Waals surface area contributed by atoms with Gasteiger partial charge in [0.15, 0.2) is 6.29 Å². The quantitative estimate of drug-likeness (QED) is 0.731. The third-order valence-electron chi connectivity index (χ3n) is 2.50. The molecule has 0 bridgehead atoms. The number of hydrazine groups is 1. The average Bonchev–Trinajstić information content (AvgIpc) is 2.59. The van der Waals surface area contributed by atoms with Gasteiger partial charge in [0.1, 0.15) is 0 Å². The number of carbonyl (C=O) groups is 2. The SMILES string of the molecule is CC1CN(c2ccccc2C=O)NC1=O. The molecule has 0 aromatic heterocycles. The summed E-state index contributed by atoms with van der Waals surface area (Å²) in [4.78, 5) is 22.1. The van der Waals surface area contributed by atoms with Gasteiger partial charge in [-0.05, 0) is 12.1 Å². The van der Waals surface area contributed by atoms with E-state index in [1.54, 1.807) is 17.1 Å². The van der Waals surface area contributed by atoms with Gasteiger partial charge in [-0.2, -0.15) is 0 Å². The van der Waals surface area contributed by atoms with E-state index in [0.717, 1.165) is 12.0 Å². The molecule has 0 spiro atoms. The lowest BCUT2D eigenvalue weighted by Gasteiger charge is -2.18. The van der Waals surface area contributed by atoms with Crippen LogP contribution in [0, 0.1) is 5.92 Å². The highest BCUT2D eigenvalue weighted by atomic mass is 16.2. The van der Waals surface area contributed by atoms with E-state index in [1.165, 1.54) is 0 Å². The Labute approximate surface area is 87.9 Å². The maximum atomic E-state index is 11.3. The second-order valence-corrected chi connectivity index (χ2v) is 3.66. The van der Waals surface area contributed by atoms with E-state index in [0.29, 0.717) is 12.1 Å². The van der Waals surface area contributed by atoms with E-state index in [1.807, 2.05) is 19.1 Å². The Balaban J connectivity index is 2.30. The molecule has 1 N–H and O–H groups in total. The summed E-state index contributed by atoms with van der Waals surface area (Å²) in [5.41, 5.74) is 4.07. The Morgan fingerprint density at radius 3 is 2.80 bits per heavy atom. The molecule has 2 rings (SSSR count). The number of nitrogens with zero attached hydrogens (tertiary/aromatic N) is 1. The molecule has 0 saturated carbocycles. The lowest BCUT2D eigenvalue weighted by atomic mass is 10.1. The number of amides is 1. The highest BCUT2D eigenvalue weighted by molar-refractivity contribution is 5.89. The third kappa shape index (κ3) is 1.70. The second-order valence-electron chi connectivity index (χ2n) is 3.66. The van der Waals surface area contributed by atoms with E-state index in [-0.39, 0.29) is 11.8 Å². The number of para-hydroxylation sites is 1. The van der Waals surface area contributed by atoms with Gasteiger partial charge in [-0.1, -0.05) is 19.1 Å². The summed E-state index contributed by atoms with van der Waals surface area (Å²) < 4.78 is 0. The van der Waals surface area contributed by atoms with Crippen LogP contribution in [0.25, 0.3) is 0 Å². The Morgan fingerprint density at radius 2 is 2.20 bits per heavy atom. The molecule has 1 heterocycles. The molecular formula is C11H12N2O2. The number of hydrogen-bond donors (Lipinski definition) is 1. The molecule has 0 radical (unpaired) electrons. The second kappa shape index (κ2) is 3.73. The van der Waals surface area contributed by atoms with Crippen molar-refractivity contribution in [1.29, 1.82) is 0 Å². The highest BCUT2D eigenvalue weighted by Gasteiger charge is 2.27. The smallest absolute Gasteiger partial charge is 0.243 e. The van der Waals surface area contributed by atoms with E-state index in [4.69, 9.17) is 0 Å². The van der Waals surface area contributed by atoms with Crippen molar-refractivity contribution in [3.05, 3.63) is 29.8 Å². The molecule has 1 aliphatic rings. The fourth-order valence-electron chi connectivity index (χ4n) is 1.64. The van der Waals surface area contributed by atoms with Gasteiger partial charge in [-0.3, -0.25) is 20.0 Å². The number of carbonyl (C=O) groups excluding carboxylic acids is 2. The molecule has 1 saturated heterocycles. The Kier molecular flexibility index (Phi) is 2.41. The predicted molar refractivity (Wildman–Crippen MR) is 56.5 cm³/mol. The summed E-state index contributed by atoms with van der Waals surface area (Å²) in [6.45, 7) is 2.46. The Bertz CT molecular complexity index is 403. The molecule has 4 heteroatoms. The van der Waals surface area contributed by atoms with Crippen LogP contribution in [0.15, 0.2) is 24.3 Å². The molecule has 1 amide bonds. The number of aldehydes is 1. The molecule has 1 atom stereocenters. The minimum Gasteiger partial charge on any atom is -0.298 e. The van der Waals surface area contributed by atoms with E-state index in [2.05, 4.69) is 5.43 Å². The number of anilines is 1. The molecule has 78 valence electrons. The first kappa shape index (κ1) is 9.71. The average molecular weight is 204 g/mol. The monoisotopic (exact) mass is 204 g/mol. The molecule has 1 unspecified atom stereocenters. The van der Waals surface area contributed by atoms with E-state index < -0.39 is 0 Å². The molecular weight excluding hydrogens is 192 g/mol. The molecule has 1 aromatic carbocycles. The summed E-state index contributed by atoms with van der Waals surface area (Å²) in [6.07, 6.45) is 0.796. The first-order valence-corrected chi connectivity index (χ1v) is 4.84. The van der Waals surface area contributed by atoms with Crippen LogP contribution in [0.5, 0.6) is 0 Å². The zero-order valence-electron chi connectivity index (χ0n) is 8.43. The van der Waals surface area contributed by atoms with Crippen LogP contribution in [0.1, 0.15) is 17.3 Å². The molecule has 1 aromatic rings. The largest absolute Gasteiger partial charge is 0.298 e. The van der Waals surface area contributed by atoms with Gasteiger partial charge in [-0.15, -0.1) is 0 Å². The predicted octanol–water partition coefficient (Wildman–Crippen LogP) is 0.986. The van der Waals surface area contributed by atoms with E-state index >= 15 is 0 Å². The third-order valence-corrected chi connectivity index (χ3v) is 2.50. The molecule has 1 aliphatic heterocycles. The summed E-state index contributed by atoms with van der Waals surface area (Å²) in [5.74, 6) is -0.0413. The summed E-state index contributed by atoms with van der Waals surface area (Å²) in [7, 11) is 0. The first-order valence-electron chi connectivity index (χ1n) is 4.84. The molecule has 0 aliphatic carbocycles. The zero-order chi connectivity index (χ0) is 10.8. The molecule has 1 fully saturated rings. The van der Waals surface area contributed by atoms with Crippen LogP contribution in [-0.2, 0) is 4.79 Å². The summed E-state index contributed by atoms with van der Waals surface area (Å²) in [5, 5.41) is 1.72. The molecule has 15 heavy (non-hydrogen) atoms. The Hall–Kier alpha value is -1.84. The van der Waals surface area contributed by atoms with Gasteiger partial charge in [0, 0.05) is 5.56 Å². The molecule has 4 nitrogen and oxygen atoms in total. The van der Waals surface area contributed by atoms with Crippen molar-refractivity contribution in [2.75, 3.05) is 11.6 Å². The van der Waals surface area contributed by atoms with Crippen molar-refractivity contribution in [3.8, 4) is 0 Å². The minimum atomic E-state index is -0.0373. The fourth-order valence-corrected chi connectivity index (χ4v) is 1.64. The van der Waals surface area contributed by atoms with E-state index in [9.17, 15) is 9.59 Å². The number of benzene rings is 1. The Morgan fingerprint density at radius 1 is 1.47 bits per heavy atom. The maximum Gasteiger partial charge on any atom is 0.243 e. The maximum absolute atomic E-state index is 11.3. The van der Waals surface area contributed by atoms with Crippen molar-refractivity contribution in [2.45, 2.75) is 6.92 Å². The van der Waals surface area contributed by atoms with Crippen LogP contribution in [0.2, 0.25) is 0 Å². The van der Waals surface area contributed by atoms with Crippen LogP contribution >= 0.6 is 0 Å². The van der Waals surface area contributed by atoms with Crippen LogP contribution in [0.3, 0.4) is 0 Å². The van der Waals surface area contributed by atoms with Crippen LogP contribution in [0.4, 0.5) is 5.69 Å². The summed E-state index contributed by atoms with van der Waals surface area (Å²) in [6, 6.07) is 7.20. The highest BCUT2D eigenvalue weighted by Crippen LogP contribution is 2.21. The van der Waals surface area contributed by atoms with Gasteiger partial charge in [0.25, 0.3) is 0 Å². The lowest BCUT2D eigenvalue weighted by Crippen LogP contribution is -2.33. The van der Waals surface area contributed by atoms with Gasteiger partial charge in [0.05, 0.1) is 18.2 Å². The minimum absolute atomic E-state index is 0.00398. The topological polar surface area (TPSA) is 49.4 Å². The van der Waals surface area contributed by atoms with Crippen molar-refractivity contribution in [1.82, 2.24) is 5.43 Å².